The molecule has 3 N–H and O–H groups in total. The molecule has 0 fully saturated rings. The number of aliphatic hydroxyl groups is 1. The molecule has 6 heteroatoms. The van der Waals surface area contributed by atoms with Crippen molar-refractivity contribution >= 4 is 11.6 Å². The van der Waals surface area contributed by atoms with Crippen molar-refractivity contribution in [3.63, 3.8) is 0 Å². The maximum Gasteiger partial charge on any atom is 0.251 e. The molecule has 0 saturated carbocycles. The van der Waals surface area contributed by atoms with E-state index in [1.54, 1.807) is 0 Å². The van der Waals surface area contributed by atoms with Crippen molar-refractivity contribution < 1.29 is 9.90 Å². The number of hydrogen-bond acceptors (Lipinski definition) is 4. The zero-order valence-corrected chi connectivity index (χ0v) is 14.2. The van der Waals surface area contributed by atoms with Crippen molar-refractivity contribution in [2.75, 3.05) is 18.5 Å². The van der Waals surface area contributed by atoms with Crippen molar-refractivity contribution in [1.82, 2.24) is 15.1 Å². The predicted octanol–water partition coefficient (Wildman–Crippen LogP) is 1.94. The summed E-state index contributed by atoms with van der Waals surface area (Å²) in [7, 11) is 1.98. The van der Waals surface area contributed by atoms with Gasteiger partial charge in [-0.05, 0) is 43.9 Å². The number of anilines is 1. The number of carbonyl (C=O) groups excluding carboxylic acids is 1. The highest BCUT2D eigenvalue weighted by atomic mass is 16.3. The van der Waals surface area contributed by atoms with Crippen LogP contribution in [0.1, 0.15) is 46.1 Å². The summed E-state index contributed by atoms with van der Waals surface area (Å²) in [6.45, 7) is 2.15. The largest absolute Gasteiger partial charge is 0.395 e. The Balaban J connectivity index is 1.83. The molecule has 3 rings (SSSR count). The Morgan fingerprint density at radius 1 is 1.46 bits per heavy atom. The number of fused-ring (bicyclic) bond motifs is 1. The van der Waals surface area contributed by atoms with E-state index < -0.39 is 0 Å². The fourth-order valence-electron chi connectivity index (χ4n) is 3.35. The molecule has 1 aliphatic rings. The van der Waals surface area contributed by atoms with Gasteiger partial charge in [-0.15, -0.1) is 0 Å². The lowest BCUT2D eigenvalue weighted by atomic mass is 9.92. The number of nitrogens with zero attached hydrogens (tertiary/aromatic N) is 2. The summed E-state index contributed by atoms with van der Waals surface area (Å²) in [5, 5.41) is 19.5. The average Bonchev–Trinajstić information content (AvgIpc) is 2.97. The Bertz CT molecular complexity index is 739. The summed E-state index contributed by atoms with van der Waals surface area (Å²) >= 11 is 0. The second-order valence-electron chi connectivity index (χ2n) is 6.22. The molecule has 0 bridgehead atoms. The lowest BCUT2D eigenvalue weighted by Gasteiger charge is -2.26. The van der Waals surface area contributed by atoms with Gasteiger partial charge in [-0.1, -0.05) is 6.07 Å². The number of amides is 1. The van der Waals surface area contributed by atoms with Gasteiger partial charge in [0.2, 0.25) is 0 Å². The van der Waals surface area contributed by atoms with Gasteiger partial charge >= 0.3 is 0 Å². The van der Waals surface area contributed by atoms with Gasteiger partial charge in [-0.25, -0.2) is 0 Å². The molecule has 0 radical (unpaired) electrons. The molecule has 6 nitrogen and oxygen atoms in total. The lowest BCUT2D eigenvalue weighted by molar-refractivity contribution is 0.0944. The van der Waals surface area contributed by atoms with Gasteiger partial charge in [0.25, 0.3) is 5.91 Å². The Morgan fingerprint density at radius 2 is 2.29 bits per heavy atom. The lowest BCUT2D eigenvalue weighted by Crippen LogP contribution is -2.27. The van der Waals surface area contributed by atoms with Gasteiger partial charge < -0.3 is 15.7 Å². The van der Waals surface area contributed by atoms with Gasteiger partial charge in [0.1, 0.15) is 0 Å². The molecule has 0 saturated heterocycles. The number of rotatable bonds is 5. The normalized spacial score (nSPS) is 16.5. The highest BCUT2D eigenvalue weighted by Gasteiger charge is 2.24. The number of aromatic nitrogens is 2. The van der Waals surface area contributed by atoms with E-state index in [0.29, 0.717) is 5.56 Å². The van der Waals surface area contributed by atoms with Gasteiger partial charge in [0.05, 0.1) is 18.8 Å². The van der Waals surface area contributed by atoms with Gasteiger partial charge in [0, 0.05) is 36.1 Å². The Hall–Kier alpha value is -2.34. The third kappa shape index (κ3) is 3.14. The van der Waals surface area contributed by atoms with Crippen LogP contribution >= 0.6 is 0 Å². The van der Waals surface area contributed by atoms with Crippen molar-refractivity contribution in [2.24, 2.45) is 7.05 Å². The van der Waals surface area contributed by atoms with Crippen LogP contribution in [-0.4, -0.2) is 33.9 Å². The first kappa shape index (κ1) is 16.5. The molecule has 24 heavy (non-hydrogen) atoms. The quantitative estimate of drug-likeness (QED) is 0.784. The first-order valence-corrected chi connectivity index (χ1v) is 8.37. The second-order valence-corrected chi connectivity index (χ2v) is 6.22. The minimum absolute atomic E-state index is 0.0609. The molecule has 1 aliphatic carbocycles. The molecular weight excluding hydrogens is 304 g/mol. The summed E-state index contributed by atoms with van der Waals surface area (Å²) in [5.74, 6) is -0.157. The van der Waals surface area contributed by atoms with Crippen LogP contribution in [0.2, 0.25) is 0 Å². The fraction of sp³-hybridized carbons (Fsp3) is 0.444. The topological polar surface area (TPSA) is 79.2 Å². The molecule has 1 aromatic heterocycles. The second kappa shape index (κ2) is 7.05. The highest BCUT2D eigenvalue weighted by Crippen LogP contribution is 2.33. The van der Waals surface area contributed by atoms with E-state index in [4.69, 9.17) is 5.11 Å². The zero-order chi connectivity index (χ0) is 17.1. The van der Waals surface area contributed by atoms with Gasteiger partial charge in [0.15, 0.2) is 0 Å². The number of nitrogens with one attached hydrogen (secondary N) is 2. The molecule has 1 heterocycles. The molecule has 1 unspecified atom stereocenters. The molecule has 128 valence electrons. The number of benzene rings is 1. The van der Waals surface area contributed by atoms with E-state index in [1.807, 2.05) is 43.0 Å². The number of aliphatic hydroxyl groups excluding tert-OH is 1. The first-order chi connectivity index (χ1) is 11.6. The van der Waals surface area contributed by atoms with Crippen LogP contribution in [0.4, 0.5) is 5.69 Å². The first-order valence-electron chi connectivity index (χ1n) is 8.37. The molecule has 0 aliphatic heterocycles. The standard InChI is InChI=1S/C18H24N4O2/c1-12-13(18(24)19-9-10-23)5-3-6-15(12)21-16-7-4-8-17-14(16)11-20-22(17)2/h3,5-6,11,16,21,23H,4,7-10H2,1-2H3,(H,19,24). The van der Waals surface area contributed by atoms with E-state index in [-0.39, 0.29) is 25.1 Å². The summed E-state index contributed by atoms with van der Waals surface area (Å²) < 4.78 is 1.95. The van der Waals surface area contributed by atoms with Crippen molar-refractivity contribution in [1.29, 1.82) is 0 Å². The number of carbonyl (C=O) groups is 1. The van der Waals surface area contributed by atoms with Crippen LogP contribution < -0.4 is 10.6 Å². The molecule has 2 aromatic rings. The van der Waals surface area contributed by atoms with Crippen LogP contribution in [0.3, 0.4) is 0 Å². The Kier molecular flexibility index (Phi) is 4.85. The number of hydrogen-bond donors (Lipinski definition) is 3. The summed E-state index contributed by atoms with van der Waals surface area (Å²) in [5.41, 5.74) is 5.06. The fourth-order valence-corrected chi connectivity index (χ4v) is 3.35. The van der Waals surface area contributed by atoms with Gasteiger partial charge in [-0.2, -0.15) is 5.10 Å². The SMILES string of the molecule is Cc1c(NC2CCCc3c2cnn3C)cccc1C(=O)NCCO. The average molecular weight is 328 g/mol. The summed E-state index contributed by atoms with van der Waals surface area (Å²) in [6, 6.07) is 5.92. The zero-order valence-electron chi connectivity index (χ0n) is 14.2. The van der Waals surface area contributed by atoms with E-state index in [2.05, 4.69) is 15.7 Å². The van der Waals surface area contributed by atoms with E-state index in [0.717, 1.165) is 30.5 Å². The molecule has 0 spiro atoms. The van der Waals surface area contributed by atoms with Crippen molar-refractivity contribution in [3.05, 3.63) is 46.8 Å². The summed E-state index contributed by atoms with van der Waals surface area (Å²) in [6.07, 6.45) is 5.19. The molecule has 1 aromatic carbocycles. The predicted molar refractivity (Wildman–Crippen MR) is 93.1 cm³/mol. The smallest absolute Gasteiger partial charge is 0.251 e. The number of aryl methyl sites for hydroxylation is 1. The monoisotopic (exact) mass is 328 g/mol. The molecule has 1 amide bonds. The Morgan fingerprint density at radius 3 is 3.08 bits per heavy atom. The van der Waals surface area contributed by atoms with Gasteiger partial charge in [-0.3, -0.25) is 9.48 Å². The van der Waals surface area contributed by atoms with Crippen LogP contribution in [-0.2, 0) is 13.5 Å². The van der Waals surface area contributed by atoms with Crippen LogP contribution in [0, 0.1) is 6.92 Å². The Labute approximate surface area is 141 Å². The minimum atomic E-state index is -0.157. The van der Waals surface area contributed by atoms with Crippen LogP contribution in [0.5, 0.6) is 0 Å². The minimum Gasteiger partial charge on any atom is -0.395 e. The van der Waals surface area contributed by atoms with Crippen LogP contribution in [0.25, 0.3) is 0 Å². The van der Waals surface area contributed by atoms with E-state index in [9.17, 15) is 4.79 Å². The highest BCUT2D eigenvalue weighted by molar-refractivity contribution is 5.97. The van der Waals surface area contributed by atoms with Crippen molar-refractivity contribution in [2.45, 2.75) is 32.2 Å². The third-order valence-electron chi connectivity index (χ3n) is 4.68. The van der Waals surface area contributed by atoms with E-state index >= 15 is 0 Å². The maximum absolute atomic E-state index is 12.2. The molecular formula is C18H24N4O2. The maximum atomic E-state index is 12.2. The summed E-state index contributed by atoms with van der Waals surface area (Å²) in [4.78, 5) is 12.2. The van der Waals surface area contributed by atoms with E-state index in [1.165, 1.54) is 11.3 Å². The molecule has 1 atom stereocenters. The van der Waals surface area contributed by atoms with Crippen LogP contribution in [0.15, 0.2) is 24.4 Å². The van der Waals surface area contributed by atoms with Crippen molar-refractivity contribution in [3.8, 4) is 0 Å². The third-order valence-corrected chi connectivity index (χ3v) is 4.68.